The molecule has 5 nitrogen and oxygen atoms in total. The number of rotatable bonds is 3. The van der Waals surface area contributed by atoms with E-state index in [0.717, 1.165) is 24.4 Å². The molecule has 0 unspecified atom stereocenters. The van der Waals surface area contributed by atoms with Crippen LogP contribution in [-0.4, -0.2) is 51.6 Å². The Bertz CT molecular complexity index is 506. The summed E-state index contributed by atoms with van der Waals surface area (Å²) in [6, 6.07) is 1.45. The first kappa shape index (κ1) is 14.7. The number of nitrogens with zero attached hydrogens (tertiary/aromatic N) is 2. The molecule has 1 fully saturated rings. The highest BCUT2D eigenvalue weighted by molar-refractivity contribution is 9.11. The summed E-state index contributed by atoms with van der Waals surface area (Å²) in [6.07, 6.45) is 0. The second-order valence-electron chi connectivity index (χ2n) is 4.07. The van der Waals surface area contributed by atoms with Gasteiger partial charge in [0, 0.05) is 26.2 Å². The lowest BCUT2D eigenvalue weighted by Gasteiger charge is -2.31. The molecular formula is C9H13BrClN3O2S2. The molecule has 1 aliphatic rings. The fourth-order valence-electron chi connectivity index (χ4n) is 1.57. The van der Waals surface area contributed by atoms with Gasteiger partial charge in [0.1, 0.15) is 4.21 Å². The summed E-state index contributed by atoms with van der Waals surface area (Å²) in [4.78, 5) is 4.74. The smallest absolute Gasteiger partial charge is 0.263 e. The number of nitrogens with one attached hydrogen (secondary N) is 1. The van der Waals surface area contributed by atoms with Crippen molar-refractivity contribution in [3.05, 3.63) is 14.9 Å². The van der Waals surface area contributed by atoms with Gasteiger partial charge in [-0.1, -0.05) is 11.6 Å². The van der Waals surface area contributed by atoms with E-state index in [9.17, 15) is 8.42 Å². The first-order chi connectivity index (χ1) is 8.38. The molecule has 18 heavy (non-hydrogen) atoms. The Balaban J connectivity index is 2.08. The van der Waals surface area contributed by atoms with Crippen molar-refractivity contribution in [3.8, 4) is 0 Å². The minimum atomic E-state index is -3.52. The van der Waals surface area contributed by atoms with Crippen molar-refractivity contribution in [2.75, 3.05) is 33.2 Å². The van der Waals surface area contributed by atoms with Crippen molar-refractivity contribution >= 4 is 48.9 Å². The van der Waals surface area contributed by atoms with Crippen molar-refractivity contribution in [1.29, 1.82) is 0 Å². The first-order valence-corrected chi connectivity index (χ1v) is 8.76. The number of piperazine rings is 1. The van der Waals surface area contributed by atoms with Gasteiger partial charge in [0.05, 0.1) is 8.81 Å². The SMILES string of the molecule is CN1CCN(NS(=O)(=O)c2cc(Cl)c(Br)s2)CC1. The van der Waals surface area contributed by atoms with Crippen LogP contribution in [-0.2, 0) is 10.0 Å². The van der Waals surface area contributed by atoms with Crippen molar-refractivity contribution in [3.63, 3.8) is 0 Å². The Labute approximate surface area is 124 Å². The van der Waals surface area contributed by atoms with E-state index in [2.05, 4.69) is 25.7 Å². The molecule has 2 rings (SSSR count). The lowest BCUT2D eigenvalue weighted by molar-refractivity contribution is 0.135. The lowest BCUT2D eigenvalue weighted by atomic mass is 10.4. The van der Waals surface area contributed by atoms with Crippen LogP contribution in [0.25, 0.3) is 0 Å². The van der Waals surface area contributed by atoms with E-state index in [-0.39, 0.29) is 4.21 Å². The monoisotopic (exact) mass is 373 g/mol. The number of thiophene rings is 1. The summed E-state index contributed by atoms with van der Waals surface area (Å²) in [5, 5.41) is 2.13. The molecule has 102 valence electrons. The summed E-state index contributed by atoms with van der Waals surface area (Å²) in [7, 11) is -1.50. The predicted octanol–water partition coefficient (Wildman–Crippen LogP) is 1.60. The van der Waals surface area contributed by atoms with E-state index >= 15 is 0 Å². The van der Waals surface area contributed by atoms with Crippen LogP contribution >= 0.6 is 38.9 Å². The molecule has 1 saturated heterocycles. The normalized spacial score (nSPS) is 19.3. The topological polar surface area (TPSA) is 52.6 Å². The molecule has 0 saturated carbocycles. The fourth-order valence-corrected chi connectivity index (χ4v) is 5.08. The number of sulfonamides is 1. The summed E-state index contributed by atoms with van der Waals surface area (Å²) < 4.78 is 25.1. The highest BCUT2D eigenvalue weighted by Crippen LogP contribution is 2.34. The van der Waals surface area contributed by atoms with Gasteiger partial charge in [0.15, 0.2) is 0 Å². The van der Waals surface area contributed by atoms with Gasteiger partial charge in [0.2, 0.25) is 0 Å². The van der Waals surface area contributed by atoms with E-state index in [0.29, 0.717) is 21.9 Å². The minimum absolute atomic E-state index is 0.221. The molecule has 1 N–H and O–H groups in total. The van der Waals surface area contributed by atoms with E-state index in [1.165, 1.54) is 6.07 Å². The summed E-state index contributed by atoms with van der Waals surface area (Å²) >= 11 is 10.2. The molecule has 0 bridgehead atoms. The Morgan fingerprint density at radius 3 is 2.50 bits per heavy atom. The maximum atomic E-state index is 12.1. The van der Waals surface area contributed by atoms with Gasteiger partial charge in [-0.25, -0.2) is 13.4 Å². The van der Waals surface area contributed by atoms with E-state index in [4.69, 9.17) is 11.6 Å². The highest BCUT2D eigenvalue weighted by Gasteiger charge is 2.23. The third-order valence-electron chi connectivity index (χ3n) is 2.64. The first-order valence-electron chi connectivity index (χ1n) is 5.29. The predicted molar refractivity (Wildman–Crippen MR) is 76.4 cm³/mol. The van der Waals surface area contributed by atoms with Crippen molar-refractivity contribution < 1.29 is 8.42 Å². The molecule has 2 heterocycles. The average Bonchev–Trinajstić information content (AvgIpc) is 2.63. The molecule has 0 aromatic carbocycles. The van der Waals surface area contributed by atoms with Gasteiger partial charge in [-0.05, 0) is 29.0 Å². The minimum Gasteiger partial charge on any atom is -0.304 e. The molecule has 1 aromatic rings. The standard InChI is InChI=1S/C9H13BrClN3O2S2/c1-13-2-4-14(5-3-13)12-18(15,16)8-6-7(11)9(10)17-8/h6,12H,2-5H2,1H3. The zero-order valence-corrected chi connectivity index (χ0v) is 13.7. The maximum Gasteiger partial charge on any atom is 0.263 e. The molecule has 1 aromatic heterocycles. The van der Waals surface area contributed by atoms with Gasteiger partial charge in [-0.2, -0.15) is 0 Å². The van der Waals surface area contributed by atoms with Crippen LogP contribution in [0.15, 0.2) is 14.1 Å². The van der Waals surface area contributed by atoms with Crippen molar-refractivity contribution in [2.24, 2.45) is 0 Å². The van der Waals surface area contributed by atoms with Crippen LogP contribution in [0, 0.1) is 0 Å². The zero-order chi connectivity index (χ0) is 13.3. The van der Waals surface area contributed by atoms with Crippen molar-refractivity contribution in [2.45, 2.75) is 4.21 Å². The highest BCUT2D eigenvalue weighted by atomic mass is 79.9. The third kappa shape index (κ3) is 3.44. The van der Waals surface area contributed by atoms with Crippen molar-refractivity contribution in [1.82, 2.24) is 14.7 Å². The van der Waals surface area contributed by atoms with Crippen LogP contribution in [0.1, 0.15) is 0 Å². The Hall–Kier alpha value is 0.300. The molecule has 0 radical (unpaired) electrons. The number of likely N-dealkylation sites (N-methyl/N-ethyl adjacent to an activating group) is 1. The van der Waals surface area contributed by atoms with E-state index < -0.39 is 10.0 Å². The fraction of sp³-hybridized carbons (Fsp3) is 0.556. The van der Waals surface area contributed by atoms with Gasteiger partial charge in [0.25, 0.3) is 10.0 Å². The number of hydrogen-bond donors (Lipinski definition) is 1. The second-order valence-corrected chi connectivity index (χ2v) is 8.74. The van der Waals surface area contributed by atoms with Gasteiger partial charge < -0.3 is 4.90 Å². The average molecular weight is 375 g/mol. The van der Waals surface area contributed by atoms with Gasteiger partial charge in [-0.15, -0.1) is 16.2 Å². The van der Waals surface area contributed by atoms with Gasteiger partial charge >= 0.3 is 0 Å². The zero-order valence-electron chi connectivity index (χ0n) is 9.69. The molecule has 0 aliphatic carbocycles. The summed E-state index contributed by atoms with van der Waals surface area (Å²) in [5.74, 6) is 0. The Morgan fingerprint density at radius 1 is 1.39 bits per heavy atom. The summed E-state index contributed by atoms with van der Waals surface area (Å²) in [5.41, 5.74) is 0. The lowest BCUT2D eigenvalue weighted by Crippen LogP contribution is -2.52. The molecule has 0 atom stereocenters. The molecular weight excluding hydrogens is 362 g/mol. The molecule has 9 heteroatoms. The van der Waals surface area contributed by atoms with Gasteiger partial charge in [-0.3, -0.25) is 0 Å². The van der Waals surface area contributed by atoms with Crippen LogP contribution in [0.4, 0.5) is 0 Å². The van der Waals surface area contributed by atoms with E-state index in [1.54, 1.807) is 5.01 Å². The quantitative estimate of drug-likeness (QED) is 0.873. The number of hydrazine groups is 1. The molecule has 1 aliphatic heterocycles. The maximum absolute atomic E-state index is 12.1. The second kappa shape index (κ2) is 5.74. The Morgan fingerprint density at radius 2 is 2.00 bits per heavy atom. The number of halogens is 2. The summed E-state index contributed by atoms with van der Waals surface area (Å²) in [6.45, 7) is 3.04. The van der Waals surface area contributed by atoms with E-state index in [1.807, 2.05) is 7.05 Å². The number of hydrogen-bond acceptors (Lipinski definition) is 5. The van der Waals surface area contributed by atoms with Crippen LogP contribution in [0.2, 0.25) is 5.02 Å². The molecule has 0 spiro atoms. The Kier molecular flexibility index (Phi) is 4.69. The van der Waals surface area contributed by atoms with Crippen LogP contribution < -0.4 is 4.83 Å². The van der Waals surface area contributed by atoms with Crippen LogP contribution in [0.5, 0.6) is 0 Å². The third-order valence-corrected chi connectivity index (χ3v) is 6.96. The van der Waals surface area contributed by atoms with Crippen LogP contribution in [0.3, 0.4) is 0 Å². The largest absolute Gasteiger partial charge is 0.304 e. The molecule has 0 amide bonds.